The Hall–Kier alpha value is -1.66. The number of sulfone groups is 1. The molecule has 0 saturated carbocycles. The molecule has 0 aliphatic rings. The van der Waals surface area contributed by atoms with E-state index in [4.69, 9.17) is 0 Å². The SMILES string of the molecule is CCN(C(=O)C(C)CS(=O)(=O)c1ccc(Br)cc1)c1ccccc1C. The van der Waals surface area contributed by atoms with Gasteiger partial charge in [0.25, 0.3) is 0 Å². The van der Waals surface area contributed by atoms with Gasteiger partial charge in [-0.15, -0.1) is 0 Å². The van der Waals surface area contributed by atoms with Gasteiger partial charge in [0.05, 0.1) is 10.6 Å². The highest BCUT2D eigenvalue weighted by atomic mass is 79.9. The van der Waals surface area contributed by atoms with Gasteiger partial charge in [-0.25, -0.2) is 8.42 Å². The van der Waals surface area contributed by atoms with E-state index in [9.17, 15) is 13.2 Å². The van der Waals surface area contributed by atoms with Crippen LogP contribution in [0.2, 0.25) is 0 Å². The van der Waals surface area contributed by atoms with E-state index in [1.807, 2.05) is 38.1 Å². The predicted octanol–water partition coefficient (Wildman–Crippen LogP) is 4.22. The molecule has 4 nitrogen and oxygen atoms in total. The van der Waals surface area contributed by atoms with Crippen LogP contribution in [0.15, 0.2) is 57.9 Å². The van der Waals surface area contributed by atoms with Crippen molar-refractivity contribution in [2.75, 3.05) is 17.2 Å². The van der Waals surface area contributed by atoms with Crippen molar-refractivity contribution in [3.05, 3.63) is 58.6 Å². The van der Waals surface area contributed by atoms with E-state index in [1.54, 1.807) is 36.1 Å². The number of hydrogen-bond donors (Lipinski definition) is 0. The second kappa shape index (κ2) is 8.15. The Morgan fingerprint density at radius 1 is 1.12 bits per heavy atom. The van der Waals surface area contributed by atoms with Gasteiger partial charge in [-0.2, -0.15) is 0 Å². The van der Waals surface area contributed by atoms with Crippen LogP contribution in [0.1, 0.15) is 19.4 Å². The molecule has 1 atom stereocenters. The van der Waals surface area contributed by atoms with Crippen molar-refractivity contribution in [3.8, 4) is 0 Å². The van der Waals surface area contributed by atoms with Crippen molar-refractivity contribution in [3.63, 3.8) is 0 Å². The van der Waals surface area contributed by atoms with Crippen LogP contribution in [0.4, 0.5) is 5.69 Å². The van der Waals surface area contributed by atoms with E-state index >= 15 is 0 Å². The third-order valence-corrected chi connectivity index (χ3v) is 6.51. The Kier molecular flexibility index (Phi) is 6.41. The number of anilines is 1. The number of nitrogens with zero attached hydrogens (tertiary/aromatic N) is 1. The largest absolute Gasteiger partial charge is 0.312 e. The zero-order chi connectivity index (χ0) is 18.6. The van der Waals surface area contributed by atoms with E-state index in [2.05, 4.69) is 15.9 Å². The van der Waals surface area contributed by atoms with Crippen LogP contribution >= 0.6 is 15.9 Å². The molecule has 134 valence electrons. The summed E-state index contributed by atoms with van der Waals surface area (Å²) in [5, 5.41) is 0. The summed E-state index contributed by atoms with van der Waals surface area (Å²) in [5.74, 6) is -1.03. The number of aryl methyl sites for hydroxylation is 1. The minimum absolute atomic E-state index is 0.183. The van der Waals surface area contributed by atoms with Crippen LogP contribution in [0, 0.1) is 12.8 Å². The van der Waals surface area contributed by atoms with Crippen molar-refractivity contribution in [1.82, 2.24) is 0 Å². The van der Waals surface area contributed by atoms with Crippen molar-refractivity contribution >= 4 is 37.4 Å². The van der Waals surface area contributed by atoms with Crippen molar-refractivity contribution in [2.24, 2.45) is 5.92 Å². The number of benzene rings is 2. The van der Waals surface area contributed by atoms with E-state index < -0.39 is 15.8 Å². The van der Waals surface area contributed by atoms with E-state index in [1.165, 1.54) is 0 Å². The normalized spacial score (nSPS) is 12.6. The van der Waals surface area contributed by atoms with Gasteiger partial charge < -0.3 is 4.90 Å². The van der Waals surface area contributed by atoms with Gasteiger partial charge >= 0.3 is 0 Å². The number of hydrogen-bond acceptors (Lipinski definition) is 3. The summed E-state index contributed by atoms with van der Waals surface area (Å²) in [6.45, 7) is 5.99. The first-order valence-corrected chi connectivity index (χ1v) is 10.6. The van der Waals surface area contributed by atoms with Crippen molar-refractivity contribution < 1.29 is 13.2 Å². The van der Waals surface area contributed by atoms with Gasteiger partial charge in [0.2, 0.25) is 5.91 Å². The summed E-state index contributed by atoms with van der Waals surface area (Å²) in [7, 11) is -3.52. The zero-order valence-electron chi connectivity index (χ0n) is 14.6. The van der Waals surface area contributed by atoms with Gasteiger partial charge in [0.1, 0.15) is 0 Å². The average Bonchev–Trinajstić information content (AvgIpc) is 2.57. The van der Waals surface area contributed by atoms with Crippen molar-refractivity contribution in [2.45, 2.75) is 25.7 Å². The lowest BCUT2D eigenvalue weighted by Crippen LogP contribution is -2.38. The first-order valence-electron chi connectivity index (χ1n) is 8.11. The number of rotatable bonds is 6. The average molecular weight is 424 g/mol. The lowest BCUT2D eigenvalue weighted by molar-refractivity contribution is -0.121. The molecular formula is C19H22BrNO3S. The smallest absolute Gasteiger partial charge is 0.230 e. The molecule has 0 spiro atoms. The molecule has 0 bridgehead atoms. The summed E-state index contributed by atoms with van der Waals surface area (Å²) in [6.07, 6.45) is 0. The van der Waals surface area contributed by atoms with Crippen LogP contribution < -0.4 is 4.90 Å². The Labute approximate surface area is 157 Å². The number of halogens is 1. The molecule has 0 radical (unpaired) electrons. The van der Waals surface area contributed by atoms with Crippen LogP contribution in [-0.2, 0) is 14.6 Å². The fourth-order valence-electron chi connectivity index (χ4n) is 2.72. The van der Waals surface area contributed by atoms with E-state index in [0.29, 0.717) is 6.54 Å². The molecule has 0 N–H and O–H groups in total. The van der Waals surface area contributed by atoms with Gasteiger partial charge in [0, 0.05) is 22.6 Å². The quantitative estimate of drug-likeness (QED) is 0.698. The predicted molar refractivity (Wildman–Crippen MR) is 105 cm³/mol. The molecule has 2 aromatic carbocycles. The third-order valence-electron chi connectivity index (χ3n) is 4.05. The maximum Gasteiger partial charge on any atom is 0.230 e. The number of amides is 1. The van der Waals surface area contributed by atoms with Gasteiger partial charge in [-0.1, -0.05) is 41.1 Å². The van der Waals surface area contributed by atoms with Crippen LogP contribution in [0.25, 0.3) is 0 Å². The monoisotopic (exact) mass is 423 g/mol. The number of carbonyl (C=O) groups is 1. The van der Waals surface area contributed by atoms with Crippen LogP contribution in [0.5, 0.6) is 0 Å². The number of para-hydroxylation sites is 1. The molecule has 2 rings (SSSR count). The number of carbonyl (C=O) groups excluding carboxylic acids is 1. The highest BCUT2D eigenvalue weighted by Gasteiger charge is 2.27. The summed E-state index contributed by atoms with van der Waals surface area (Å²) in [4.78, 5) is 14.7. The van der Waals surface area contributed by atoms with Gasteiger partial charge in [-0.05, 0) is 49.7 Å². The maximum atomic E-state index is 12.8. The minimum atomic E-state index is -3.52. The molecule has 1 unspecified atom stereocenters. The maximum absolute atomic E-state index is 12.8. The third kappa shape index (κ3) is 4.70. The Bertz CT molecular complexity index is 847. The highest BCUT2D eigenvalue weighted by molar-refractivity contribution is 9.10. The summed E-state index contributed by atoms with van der Waals surface area (Å²) in [5.41, 5.74) is 1.81. The van der Waals surface area contributed by atoms with E-state index in [-0.39, 0.29) is 16.6 Å². The molecule has 0 fully saturated rings. The summed E-state index contributed by atoms with van der Waals surface area (Å²) in [6, 6.07) is 14.1. The molecule has 0 heterocycles. The molecule has 2 aromatic rings. The Morgan fingerprint density at radius 3 is 2.28 bits per heavy atom. The highest BCUT2D eigenvalue weighted by Crippen LogP contribution is 2.23. The molecule has 6 heteroatoms. The Morgan fingerprint density at radius 2 is 1.72 bits per heavy atom. The lowest BCUT2D eigenvalue weighted by Gasteiger charge is -2.26. The molecule has 0 aromatic heterocycles. The first-order chi connectivity index (χ1) is 11.8. The molecule has 0 saturated heterocycles. The fourth-order valence-corrected chi connectivity index (χ4v) is 4.52. The van der Waals surface area contributed by atoms with E-state index in [0.717, 1.165) is 15.7 Å². The molecule has 0 aliphatic heterocycles. The molecule has 0 aliphatic carbocycles. The summed E-state index contributed by atoms with van der Waals surface area (Å²) < 4.78 is 26.0. The molecular weight excluding hydrogens is 402 g/mol. The van der Waals surface area contributed by atoms with Gasteiger partial charge in [0.15, 0.2) is 9.84 Å². The minimum Gasteiger partial charge on any atom is -0.312 e. The van der Waals surface area contributed by atoms with Crippen LogP contribution in [0.3, 0.4) is 0 Å². The standard InChI is InChI=1S/C19H22BrNO3S/c1-4-21(18-8-6-5-7-14(18)2)19(22)15(3)13-25(23,24)17-11-9-16(20)10-12-17/h5-12,15H,4,13H2,1-3H3. The van der Waals surface area contributed by atoms with Crippen LogP contribution in [-0.4, -0.2) is 26.6 Å². The molecule has 25 heavy (non-hydrogen) atoms. The summed E-state index contributed by atoms with van der Waals surface area (Å²) >= 11 is 3.29. The topological polar surface area (TPSA) is 54.5 Å². The van der Waals surface area contributed by atoms with Crippen molar-refractivity contribution in [1.29, 1.82) is 0 Å². The zero-order valence-corrected chi connectivity index (χ0v) is 17.0. The second-order valence-corrected chi connectivity index (χ2v) is 8.96. The first kappa shape index (κ1) is 19.7. The Balaban J connectivity index is 2.21. The molecule has 1 amide bonds. The second-order valence-electron chi connectivity index (χ2n) is 6.01. The van der Waals surface area contributed by atoms with Gasteiger partial charge in [-0.3, -0.25) is 4.79 Å². The fraction of sp³-hybridized carbons (Fsp3) is 0.316. The lowest BCUT2D eigenvalue weighted by atomic mass is 10.1.